The highest BCUT2D eigenvalue weighted by molar-refractivity contribution is 7.80. The topological polar surface area (TPSA) is 26.3 Å². The number of terminal acetylenes is 1. The summed E-state index contributed by atoms with van der Waals surface area (Å²) in [4.78, 5) is 0. The van der Waals surface area contributed by atoms with E-state index in [9.17, 15) is 4.21 Å². The zero-order valence-electron chi connectivity index (χ0n) is 4.09. The molecule has 0 saturated carbocycles. The van der Waals surface area contributed by atoms with Gasteiger partial charge in [0.2, 0.25) is 11.1 Å². The monoisotopic (exact) mass is 128 g/mol. The van der Waals surface area contributed by atoms with E-state index in [0.29, 0.717) is 11.5 Å². The fourth-order valence-corrected chi connectivity index (χ4v) is 1.07. The molecule has 0 spiro atoms. The molecule has 1 unspecified atom stereocenters. The molecule has 0 aromatic carbocycles. The molecule has 0 aromatic rings. The van der Waals surface area contributed by atoms with Gasteiger partial charge in [0.15, 0.2) is 5.76 Å². The fraction of sp³-hybridized carbons (Fsp3) is 0.200. The van der Waals surface area contributed by atoms with E-state index in [4.69, 9.17) is 6.42 Å². The average molecular weight is 128 g/mol. The van der Waals surface area contributed by atoms with Gasteiger partial charge in [0, 0.05) is 0 Å². The third-order valence-electron chi connectivity index (χ3n) is 0.730. The summed E-state index contributed by atoms with van der Waals surface area (Å²) < 4.78 is 15.0. The molecule has 1 rings (SSSR count). The Morgan fingerprint density at radius 1 is 2.00 bits per heavy atom. The fourth-order valence-electron chi connectivity index (χ4n) is 0.395. The zero-order valence-corrected chi connectivity index (χ0v) is 4.90. The van der Waals surface area contributed by atoms with Crippen LogP contribution in [0, 0.1) is 12.3 Å². The number of hydrogen-bond acceptors (Lipinski definition) is 2. The summed E-state index contributed by atoms with van der Waals surface area (Å²) in [6.07, 6.45) is 6.55. The zero-order chi connectivity index (χ0) is 5.98. The number of allylic oxidation sites excluding steroid dienone is 1. The first kappa shape index (κ1) is 5.39. The molecule has 3 heteroatoms. The Morgan fingerprint density at radius 2 is 2.75 bits per heavy atom. The Labute approximate surface area is 50.2 Å². The summed E-state index contributed by atoms with van der Waals surface area (Å²) in [5.74, 6) is 3.06. The summed E-state index contributed by atoms with van der Waals surface area (Å²) in [7, 11) is 0. The lowest BCUT2D eigenvalue weighted by Gasteiger charge is -1.87. The van der Waals surface area contributed by atoms with Crippen LogP contribution in [0.4, 0.5) is 0 Å². The molecule has 0 radical (unpaired) electrons. The lowest BCUT2D eigenvalue weighted by molar-refractivity contribution is 0.493. The van der Waals surface area contributed by atoms with Crippen LogP contribution < -0.4 is 0 Å². The van der Waals surface area contributed by atoms with Gasteiger partial charge >= 0.3 is 0 Å². The Hall–Kier alpha value is -0.750. The summed E-state index contributed by atoms with van der Waals surface area (Å²) >= 11 is -1.19. The second-order valence-corrected chi connectivity index (χ2v) is 2.37. The molecule has 0 bridgehead atoms. The molecule has 42 valence electrons. The van der Waals surface area contributed by atoms with E-state index in [1.165, 1.54) is 0 Å². The van der Waals surface area contributed by atoms with E-state index in [0.717, 1.165) is 0 Å². The first-order chi connectivity index (χ1) is 3.83. The van der Waals surface area contributed by atoms with E-state index >= 15 is 0 Å². The Morgan fingerprint density at radius 3 is 3.00 bits per heavy atom. The summed E-state index contributed by atoms with van der Waals surface area (Å²) in [5, 5.41) is 0. The van der Waals surface area contributed by atoms with Crippen LogP contribution >= 0.6 is 0 Å². The molecular formula is C5H4O2S. The van der Waals surface area contributed by atoms with Crippen molar-refractivity contribution in [3.05, 3.63) is 11.8 Å². The molecule has 2 nitrogen and oxygen atoms in total. The van der Waals surface area contributed by atoms with Crippen LogP contribution in [-0.2, 0) is 15.3 Å². The smallest absolute Gasteiger partial charge is 0.211 e. The van der Waals surface area contributed by atoms with Gasteiger partial charge in [-0.3, -0.25) is 0 Å². The highest BCUT2D eigenvalue weighted by atomic mass is 32.2. The van der Waals surface area contributed by atoms with Gasteiger partial charge in [-0.15, -0.1) is 6.42 Å². The van der Waals surface area contributed by atoms with Gasteiger partial charge in [-0.25, -0.2) is 4.21 Å². The largest absolute Gasteiger partial charge is 0.391 e. The maximum atomic E-state index is 10.4. The first-order valence-electron chi connectivity index (χ1n) is 2.06. The van der Waals surface area contributed by atoms with Crippen molar-refractivity contribution in [2.45, 2.75) is 0 Å². The van der Waals surface area contributed by atoms with Gasteiger partial charge in [-0.05, 0) is 12.0 Å². The maximum absolute atomic E-state index is 10.4. The van der Waals surface area contributed by atoms with E-state index in [1.54, 1.807) is 6.08 Å². The summed E-state index contributed by atoms with van der Waals surface area (Å²) in [6, 6.07) is 0. The molecule has 0 N–H and O–H groups in total. The molecule has 0 aromatic heterocycles. The molecule has 1 aliphatic heterocycles. The van der Waals surface area contributed by atoms with E-state index in [1.807, 2.05) is 0 Å². The van der Waals surface area contributed by atoms with Crippen molar-refractivity contribution < 1.29 is 8.39 Å². The number of hydrogen-bond donors (Lipinski definition) is 0. The predicted octanol–water partition coefficient (Wildman–Crippen LogP) is 0.197. The molecule has 0 aliphatic carbocycles. The lowest BCUT2D eigenvalue weighted by atomic mass is 10.5. The molecule has 0 amide bonds. The Kier molecular flexibility index (Phi) is 1.36. The minimum Gasteiger partial charge on any atom is -0.391 e. The highest BCUT2D eigenvalue weighted by Crippen LogP contribution is 2.07. The van der Waals surface area contributed by atoms with Crippen LogP contribution in [0.15, 0.2) is 11.8 Å². The summed E-state index contributed by atoms with van der Waals surface area (Å²) in [6.45, 7) is 0. The van der Waals surface area contributed by atoms with Crippen molar-refractivity contribution in [3.8, 4) is 12.3 Å². The molecule has 0 saturated heterocycles. The van der Waals surface area contributed by atoms with Crippen molar-refractivity contribution in [2.75, 3.05) is 5.75 Å². The first-order valence-corrected chi connectivity index (χ1v) is 3.31. The average Bonchev–Trinajstić information content (AvgIpc) is 2.14. The van der Waals surface area contributed by atoms with Crippen LogP contribution in [0.1, 0.15) is 0 Å². The molecule has 0 fully saturated rings. The van der Waals surface area contributed by atoms with Crippen LogP contribution in [0.3, 0.4) is 0 Å². The van der Waals surface area contributed by atoms with Gasteiger partial charge in [0.1, 0.15) is 0 Å². The molecule has 1 aliphatic rings. The van der Waals surface area contributed by atoms with Gasteiger partial charge in [0.25, 0.3) is 0 Å². The normalized spacial score (nSPS) is 25.9. The minimum absolute atomic E-state index is 0.392. The molecule has 1 heterocycles. The minimum atomic E-state index is -1.19. The predicted molar refractivity (Wildman–Crippen MR) is 31.0 cm³/mol. The third-order valence-corrected chi connectivity index (χ3v) is 1.53. The molecule has 8 heavy (non-hydrogen) atoms. The third kappa shape index (κ3) is 0.903. The maximum Gasteiger partial charge on any atom is 0.211 e. The Balaban J connectivity index is 2.66. The highest BCUT2D eigenvalue weighted by Gasteiger charge is 2.08. The van der Waals surface area contributed by atoms with Crippen molar-refractivity contribution >= 4 is 11.1 Å². The van der Waals surface area contributed by atoms with Crippen molar-refractivity contribution in [2.24, 2.45) is 0 Å². The lowest BCUT2D eigenvalue weighted by Crippen LogP contribution is -1.87. The standard InChI is InChI=1S/C5H4O2S/c1-2-5-3-4-8(6)7-5/h1,3H,4H2. The van der Waals surface area contributed by atoms with E-state index in [-0.39, 0.29) is 0 Å². The van der Waals surface area contributed by atoms with Gasteiger partial charge in [-0.1, -0.05) is 0 Å². The Bertz CT molecular complexity index is 187. The molecular weight excluding hydrogens is 124 g/mol. The van der Waals surface area contributed by atoms with Crippen LogP contribution in [-0.4, -0.2) is 9.96 Å². The van der Waals surface area contributed by atoms with Crippen molar-refractivity contribution in [3.63, 3.8) is 0 Å². The second-order valence-electron chi connectivity index (χ2n) is 1.27. The van der Waals surface area contributed by atoms with Gasteiger partial charge in [-0.2, -0.15) is 0 Å². The number of rotatable bonds is 0. The van der Waals surface area contributed by atoms with E-state index < -0.39 is 11.1 Å². The van der Waals surface area contributed by atoms with Crippen molar-refractivity contribution in [1.82, 2.24) is 0 Å². The van der Waals surface area contributed by atoms with E-state index in [2.05, 4.69) is 10.1 Å². The van der Waals surface area contributed by atoms with Crippen molar-refractivity contribution in [1.29, 1.82) is 0 Å². The second kappa shape index (κ2) is 2.01. The van der Waals surface area contributed by atoms with Crippen LogP contribution in [0.25, 0.3) is 0 Å². The van der Waals surface area contributed by atoms with Gasteiger partial charge in [0.05, 0.1) is 5.75 Å². The van der Waals surface area contributed by atoms with Gasteiger partial charge < -0.3 is 4.18 Å². The quantitative estimate of drug-likeness (QED) is 0.435. The van der Waals surface area contributed by atoms with Crippen LogP contribution in [0.5, 0.6) is 0 Å². The SMILES string of the molecule is C#CC1=CCS(=O)O1. The molecule has 1 atom stereocenters. The summed E-state index contributed by atoms with van der Waals surface area (Å²) in [5.41, 5.74) is 0. The van der Waals surface area contributed by atoms with Crippen LogP contribution in [0.2, 0.25) is 0 Å².